The summed E-state index contributed by atoms with van der Waals surface area (Å²) in [7, 11) is 0. The lowest BCUT2D eigenvalue weighted by molar-refractivity contribution is 0.522. The molecule has 0 aromatic heterocycles. The number of rotatable bonds is 4. The van der Waals surface area contributed by atoms with Gasteiger partial charge in [0.1, 0.15) is 0 Å². The smallest absolute Gasteiger partial charge is 0.0351 e. The molecule has 1 unspecified atom stereocenters. The first-order valence-electron chi connectivity index (χ1n) is 4.42. The normalized spacial score (nSPS) is 11.2. The third kappa shape index (κ3) is 10.7. The Morgan fingerprint density at radius 1 is 1.40 bits per heavy atom. The lowest BCUT2D eigenvalue weighted by atomic mass is 10.0. The maximum atomic E-state index is 3.67. The van der Waals surface area contributed by atoms with Crippen LogP contribution < -0.4 is 0 Å². The van der Waals surface area contributed by atoms with E-state index < -0.39 is 0 Å². The van der Waals surface area contributed by atoms with Crippen LogP contribution in [0, 0.1) is 5.92 Å². The van der Waals surface area contributed by atoms with Crippen molar-refractivity contribution in [3.05, 3.63) is 12.7 Å². The molecular weight excluding hydrogens is 120 g/mol. The van der Waals surface area contributed by atoms with Crippen molar-refractivity contribution >= 4 is 0 Å². The van der Waals surface area contributed by atoms with Gasteiger partial charge in [-0.3, -0.25) is 0 Å². The lowest BCUT2D eigenvalue weighted by Crippen LogP contribution is -1.88. The van der Waals surface area contributed by atoms with Crippen molar-refractivity contribution < 1.29 is 0 Å². The van der Waals surface area contributed by atoms with Gasteiger partial charge in [0, 0.05) is 0 Å². The van der Waals surface area contributed by atoms with Crippen LogP contribution in [0.4, 0.5) is 0 Å². The monoisotopic (exact) mass is 142 g/mol. The minimum absolute atomic E-state index is 0.882. The van der Waals surface area contributed by atoms with E-state index in [1.807, 2.05) is 19.9 Å². The van der Waals surface area contributed by atoms with Crippen molar-refractivity contribution in [1.82, 2.24) is 0 Å². The van der Waals surface area contributed by atoms with Gasteiger partial charge in [-0.15, -0.1) is 6.58 Å². The second-order valence-electron chi connectivity index (χ2n) is 2.38. The van der Waals surface area contributed by atoms with Crippen molar-refractivity contribution in [2.45, 2.75) is 47.0 Å². The van der Waals surface area contributed by atoms with E-state index in [1.54, 1.807) is 0 Å². The number of hydrogen-bond donors (Lipinski definition) is 0. The van der Waals surface area contributed by atoms with Crippen LogP contribution in [0.25, 0.3) is 0 Å². The summed E-state index contributed by atoms with van der Waals surface area (Å²) >= 11 is 0. The summed E-state index contributed by atoms with van der Waals surface area (Å²) in [5.74, 6) is 0.882. The first-order chi connectivity index (χ1) is 4.81. The van der Waals surface area contributed by atoms with E-state index >= 15 is 0 Å². The number of hydrogen-bond acceptors (Lipinski definition) is 0. The van der Waals surface area contributed by atoms with Crippen molar-refractivity contribution in [1.29, 1.82) is 0 Å². The highest BCUT2D eigenvalue weighted by Gasteiger charge is 1.93. The van der Waals surface area contributed by atoms with Gasteiger partial charge in [-0.25, -0.2) is 0 Å². The van der Waals surface area contributed by atoms with E-state index in [2.05, 4.69) is 20.4 Å². The zero-order valence-corrected chi connectivity index (χ0v) is 7.98. The first-order valence-corrected chi connectivity index (χ1v) is 4.42. The fraction of sp³-hybridized carbons (Fsp3) is 0.800. The quantitative estimate of drug-likeness (QED) is 0.520. The molecule has 0 fully saturated rings. The fourth-order valence-corrected chi connectivity index (χ4v) is 0.606. The van der Waals surface area contributed by atoms with Gasteiger partial charge in [-0.2, -0.15) is 0 Å². The van der Waals surface area contributed by atoms with Gasteiger partial charge in [0.05, 0.1) is 0 Å². The largest absolute Gasteiger partial charge is 0.103 e. The molecule has 0 saturated carbocycles. The summed E-state index contributed by atoms with van der Waals surface area (Å²) < 4.78 is 0. The molecule has 0 N–H and O–H groups in total. The molecule has 0 aliphatic rings. The summed E-state index contributed by atoms with van der Waals surface area (Å²) in [6.07, 6.45) is 5.77. The van der Waals surface area contributed by atoms with Crippen LogP contribution in [0.5, 0.6) is 0 Å². The average Bonchev–Trinajstić information content (AvgIpc) is 2.04. The minimum Gasteiger partial charge on any atom is -0.103 e. The van der Waals surface area contributed by atoms with E-state index in [1.165, 1.54) is 19.3 Å². The Labute approximate surface area is 66.3 Å². The Hall–Kier alpha value is -0.260. The van der Waals surface area contributed by atoms with Gasteiger partial charge < -0.3 is 0 Å². The van der Waals surface area contributed by atoms with Crippen LogP contribution in [0.2, 0.25) is 0 Å². The molecule has 1 atom stereocenters. The van der Waals surface area contributed by atoms with E-state index in [0.29, 0.717) is 0 Å². The summed E-state index contributed by atoms with van der Waals surface area (Å²) in [5, 5.41) is 0. The van der Waals surface area contributed by atoms with Gasteiger partial charge in [0.2, 0.25) is 0 Å². The molecule has 0 aliphatic carbocycles. The molecule has 0 heteroatoms. The second-order valence-corrected chi connectivity index (χ2v) is 2.38. The van der Waals surface area contributed by atoms with Crippen molar-refractivity contribution in [3.63, 3.8) is 0 Å². The Bertz CT molecular complexity index is 55.1. The number of allylic oxidation sites excluding steroid dienone is 1. The van der Waals surface area contributed by atoms with Gasteiger partial charge >= 0.3 is 0 Å². The van der Waals surface area contributed by atoms with Crippen LogP contribution >= 0.6 is 0 Å². The molecule has 0 aromatic carbocycles. The molecule has 0 nitrogen and oxygen atoms in total. The maximum absolute atomic E-state index is 3.67. The van der Waals surface area contributed by atoms with Crippen molar-refractivity contribution in [3.8, 4) is 0 Å². The first kappa shape index (κ1) is 12.4. The van der Waals surface area contributed by atoms with Crippen LogP contribution in [-0.2, 0) is 0 Å². The second kappa shape index (κ2) is 11.5. The zero-order valence-electron chi connectivity index (χ0n) is 7.98. The molecule has 10 heavy (non-hydrogen) atoms. The highest BCUT2D eigenvalue weighted by molar-refractivity contribution is 4.67. The molecule has 0 aromatic rings. The van der Waals surface area contributed by atoms with Crippen LogP contribution in [0.1, 0.15) is 47.0 Å². The average molecular weight is 142 g/mol. The Morgan fingerprint density at radius 3 is 2.20 bits per heavy atom. The molecule has 0 amide bonds. The summed E-state index contributed by atoms with van der Waals surface area (Å²) in [5.41, 5.74) is 0. The van der Waals surface area contributed by atoms with E-state index in [-0.39, 0.29) is 0 Å². The van der Waals surface area contributed by atoms with Gasteiger partial charge in [-0.1, -0.05) is 40.2 Å². The minimum atomic E-state index is 0.882. The molecule has 0 saturated heterocycles. The maximum Gasteiger partial charge on any atom is -0.0351 e. The molecule has 0 heterocycles. The summed E-state index contributed by atoms with van der Waals surface area (Å²) in [6, 6.07) is 0. The molecule has 0 radical (unpaired) electrons. The Kier molecular flexibility index (Phi) is 14.3. The molecule has 0 rings (SSSR count). The zero-order chi connectivity index (χ0) is 8.41. The molecular formula is C10H22. The third-order valence-electron chi connectivity index (χ3n) is 1.56. The van der Waals surface area contributed by atoms with Gasteiger partial charge in [-0.05, 0) is 18.8 Å². The van der Waals surface area contributed by atoms with Crippen LogP contribution in [0.3, 0.4) is 0 Å². The lowest BCUT2D eigenvalue weighted by Gasteiger charge is -2.03. The third-order valence-corrected chi connectivity index (χ3v) is 1.56. The van der Waals surface area contributed by atoms with Crippen LogP contribution in [-0.4, -0.2) is 0 Å². The van der Waals surface area contributed by atoms with E-state index in [4.69, 9.17) is 0 Å². The van der Waals surface area contributed by atoms with Crippen molar-refractivity contribution in [2.24, 2.45) is 5.92 Å². The predicted octanol–water partition coefficient (Wildman–Crippen LogP) is 4.02. The SMILES string of the molecule is C=CCCC(C)CC.CC. The molecule has 62 valence electrons. The Balaban J connectivity index is 0. The summed E-state index contributed by atoms with van der Waals surface area (Å²) in [6.45, 7) is 12.2. The predicted molar refractivity (Wildman–Crippen MR) is 50.2 cm³/mol. The molecule has 0 bridgehead atoms. The van der Waals surface area contributed by atoms with Crippen LogP contribution in [0.15, 0.2) is 12.7 Å². The van der Waals surface area contributed by atoms with Gasteiger partial charge in [0.15, 0.2) is 0 Å². The molecule has 0 aliphatic heterocycles. The topological polar surface area (TPSA) is 0 Å². The van der Waals surface area contributed by atoms with E-state index in [9.17, 15) is 0 Å². The standard InChI is InChI=1S/C8H16.C2H6/c1-4-6-7-8(3)5-2;1-2/h4,8H,1,5-7H2,2-3H3;1-2H3. The Morgan fingerprint density at radius 2 is 1.90 bits per heavy atom. The van der Waals surface area contributed by atoms with E-state index in [0.717, 1.165) is 5.92 Å². The van der Waals surface area contributed by atoms with Gasteiger partial charge in [0.25, 0.3) is 0 Å². The highest BCUT2D eigenvalue weighted by atomic mass is 14.0. The summed E-state index contributed by atoms with van der Waals surface area (Å²) in [4.78, 5) is 0. The highest BCUT2D eigenvalue weighted by Crippen LogP contribution is 2.08. The van der Waals surface area contributed by atoms with Crippen molar-refractivity contribution in [2.75, 3.05) is 0 Å². The molecule has 0 spiro atoms. The fourth-order valence-electron chi connectivity index (χ4n) is 0.606.